The van der Waals surface area contributed by atoms with E-state index in [1.165, 1.54) is 0 Å². The molecule has 0 aromatic heterocycles. The van der Waals surface area contributed by atoms with E-state index >= 15 is 0 Å². The number of benzene rings is 1. The van der Waals surface area contributed by atoms with Crippen molar-refractivity contribution in [2.75, 3.05) is 38.3 Å². The third-order valence-electron chi connectivity index (χ3n) is 7.41. The average Bonchev–Trinajstić information content (AvgIpc) is 2.89. The molecule has 2 aliphatic rings. The minimum Gasteiger partial charge on any atom is -0.475 e. The number of rotatable bonds is 8. The van der Waals surface area contributed by atoms with Crippen molar-refractivity contribution >= 4 is 23.6 Å². The standard InChI is InChI=1S/C30H44N4O6/c1-9-30(7)27(36)33(14-11-15-38-8)24-17-23(21(18-31)16-25(24)39-30)26(35)34(20(2)3)22-12-10-13-32(19-22)28(37)40-29(4,5)6/h16-17,20,22H,9-15,19H2,1-8H3/t22-,30?/m1/s1. The minimum absolute atomic E-state index is 0.179. The molecule has 2 atom stereocenters. The van der Waals surface area contributed by atoms with Crippen LogP contribution in [-0.4, -0.2) is 84.3 Å². The Kier molecular flexibility index (Phi) is 9.72. The van der Waals surface area contributed by atoms with Crippen LogP contribution < -0.4 is 9.64 Å². The highest BCUT2D eigenvalue weighted by molar-refractivity contribution is 6.05. The maximum Gasteiger partial charge on any atom is 0.410 e. The van der Waals surface area contributed by atoms with Crippen LogP contribution in [0.3, 0.4) is 0 Å². The summed E-state index contributed by atoms with van der Waals surface area (Å²) in [5, 5.41) is 10.1. The van der Waals surface area contributed by atoms with Crippen molar-refractivity contribution < 1.29 is 28.6 Å². The molecule has 0 spiro atoms. The van der Waals surface area contributed by atoms with E-state index in [0.29, 0.717) is 50.5 Å². The van der Waals surface area contributed by atoms with Crippen molar-refractivity contribution in [3.8, 4) is 11.8 Å². The second kappa shape index (κ2) is 12.5. The van der Waals surface area contributed by atoms with Crippen LogP contribution in [0.2, 0.25) is 0 Å². The van der Waals surface area contributed by atoms with Gasteiger partial charge in [-0.05, 0) is 73.3 Å². The molecule has 1 fully saturated rings. The first kappa shape index (κ1) is 31.2. The number of nitriles is 1. The lowest BCUT2D eigenvalue weighted by molar-refractivity contribution is -0.134. The number of methoxy groups -OCH3 is 1. The molecule has 2 heterocycles. The molecule has 1 aromatic carbocycles. The SMILES string of the molecule is CCC1(C)Oc2cc(C#N)c(C(=O)N(C(C)C)[C@@H]3CCCN(C(=O)OC(C)(C)C)C3)cc2N(CCCOC)C1=O. The van der Waals surface area contributed by atoms with Crippen molar-refractivity contribution in [3.63, 3.8) is 0 Å². The summed E-state index contributed by atoms with van der Waals surface area (Å²) < 4.78 is 16.9. The molecule has 0 saturated carbocycles. The lowest BCUT2D eigenvalue weighted by atomic mass is 9.95. The minimum atomic E-state index is -1.07. The monoisotopic (exact) mass is 556 g/mol. The van der Waals surface area contributed by atoms with Gasteiger partial charge in [0.2, 0.25) is 0 Å². The number of anilines is 1. The summed E-state index contributed by atoms with van der Waals surface area (Å²) in [4.78, 5) is 45.5. The van der Waals surface area contributed by atoms with Gasteiger partial charge in [-0.25, -0.2) is 4.79 Å². The molecule has 1 unspecified atom stereocenters. The van der Waals surface area contributed by atoms with E-state index in [4.69, 9.17) is 14.2 Å². The zero-order chi connectivity index (χ0) is 29.8. The molecule has 10 heteroatoms. The predicted octanol–water partition coefficient (Wildman–Crippen LogP) is 4.74. The van der Waals surface area contributed by atoms with Crippen LogP contribution in [0.25, 0.3) is 0 Å². The number of carbonyl (C=O) groups excluding carboxylic acids is 3. The maximum atomic E-state index is 14.2. The molecule has 3 amide bonds. The van der Waals surface area contributed by atoms with Gasteiger partial charge in [-0.2, -0.15) is 5.26 Å². The van der Waals surface area contributed by atoms with Crippen LogP contribution in [0.1, 0.15) is 90.1 Å². The van der Waals surface area contributed by atoms with E-state index in [1.807, 2.05) is 41.5 Å². The Labute approximate surface area is 238 Å². The number of nitrogens with zero attached hydrogens (tertiary/aromatic N) is 4. The number of carbonyl (C=O) groups is 3. The van der Waals surface area contributed by atoms with Crippen LogP contribution in [0.5, 0.6) is 5.75 Å². The number of hydrogen-bond donors (Lipinski definition) is 0. The second-order valence-corrected chi connectivity index (χ2v) is 12.0. The van der Waals surface area contributed by atoms with Crippen molar-refractivity contribution in [3.05, 3.63) is 23.3 Å². The topological polar surface area (TPSA) is 112 Å². The van der Waals surface area contributed by atoms with Gasteiger partial charge in [-0.15, -0.1) is 0 Å². The van der Waals surface area contributed by atoms with E-state index in [0.717, 1.165) is 12.8 Å². The lowest BCUT2D eigenvalue weighted by Crippen LogP contribution is -2.55. The van der Waals surface area contributed by atoms with Gasteiger partial charge >= 0.3 is 6.09 Å². The number of likely N-dealkylation sites (tertiary alicyclic amines) is 1. The van der Waals surface area contributed by atoms with Crippen LogP contribution >= 0.6 is 0 Å². The highest BCUT2D eigenvalue weighted by Gasteiger charge is 2.44. The van der Waals surface area contributed by atoms with E-state index < -0.39 is 17.3 Å². The third-order valence-corrected chi connectivity index (χ3v) is 7.41. The Morgan fingerprint density at radius 2 is 2.00 bits per heavy atom. The molecule has 40 heavy (non-hydrogen) atoms. The molecule has 0 bridgehead atoms. The Morgan fingerprint density at radius 1 is 1.30 bits per heavy atom. The summed E-state index contributed by atoms with van der Waals surface area (Å²) in [6, 6.07) is 4.89. The number of hydrogen-bond acceptors (Lipinski definition) is 7. The highest BCUT2D eigenvalue weighted by atomic mass is 16.6. The fraction of sp³-hybridized carbons (Fsp3) is 0.667. The molecule has 1 saturated heterocycles. The normalized spacial score (nSPS) is 21.0. The van der Waals surface area contributed by atoms with Gasteiger partial charge in [0.1, 0.15) is 17.4 Å². The van der Waals surface area contributed by atoms with E-state index in [1.54, 1.807) is 40.9 Å². The number of amides is 3. The second-order valence-electron chi connectivity index (χ2n) is 12.0. The van der Waals surface area contributed by atoms with Gasteiger partial charge in [0, 0.05) is 45.5 Å². The van der Waals surface area contributed by atoms with Crippen molar-refractivity contribution in [1.82, 2.24) is 9.80 Å². The highest BCUT2D eigenvalue weighted by Crippen LogP contribution is 2.41. The first-order valence-corrected chi connectivity index (χ1v) is 14.1. The summed E-state index contributed by atoms with van der Waals surface area (Å²) in [5.74, 6) is -0.111. The molecule has 1 aromatic rings. The Hall–Kier alpha value is -3.32. The molecule has 0 aliphatic carbocycles. The van der Waals surface area contributed by atoms with Gasteiger partial charge < -0.3 is 28.9 Å². The first-order valence-electron chi connectivity index (χ1n) is 14.1. The summed E-state index contributed by atoms with van der Waals surface area (Å²) in [5.41, 5.74) is -0.839. The predicted molar refractivity (Wildman–Crippen MR) is 151 cm³/mol. The van der Waals surface area contributed by atoms with E-state index in [-0.39, 0.29) is 35.0 Å². The number of ether oxygens (including phenoxy) is 3. The van der Waals surface area contributed by atoms with Gasteiger partial charge in [-0.3, -0.25) is 9.59 Å². The molecule has 10 nitrogen and oxygen atoms in total. The summed E-state index contributed by atoms with van der Waals surface area (Å²) in [6.07, 6.45) is 2.09. The van der Waals surface area contributed by atoms with Crippen LogP contribution in [-0.2, 0) is 14.3 Å². The lowest BCUT2D eigenvalue weighted by Gasteiger charge is -2.42. The quantitative estimate of drug-likeness (QED) is 0.425. The van der Waals surface area contributed by atoms with Crippen molar-refractivity contribution in [2.24, 2.45) is 0 Å². The zero-order valence-electron chi connectivity index (χ0n) is 25.2. The zero-order valence-corrected chi connectivity index (χ0v) is 25.2. The third kappa shape index (κ3) is 6.69. The largest absolute Gasteiger partial charge is 0.475 e. The van der Waals surface area contributed by atoms with Gasteiger partial charge in [0.25, 0.3) is 11.8 Å². The molecular formula is C30H44N4O6. The van der Waals surface area contributed by atoms with Crippen LogP contribution in [0, 0.1) is 11.3 Å². The van der Waals surface area contributed by atoms with Crippen LogP contribution in [0.4, 0.5) is 10.5 Å². The Balaban J connectivity index is 2.00. The molecular weight excluding hydrogens is 512 g/mol. The smallest absolute Gasteiger partial charge is 0.410 e. The fourth-order valence-corrected chi connectivity index (χ4v) is 5.26. The van der Waals surface area contributed by atoms with E-state index in [2.05, 4.69) is 6.07 Å². The summed E-state index contributed by atoms with van der Waals surface area (Å²) in [7, 11) is 1.61. The number of fused-ring (bicyclic) bond motifs is 1. The molecule has 0 N–H and O–H groups in total. The van der Waals surface area contributed by atoms with E-state index in [9.17, 15) is 19.6 Å². The Morgan fingerprint density at radius 3 is 2.58 bits per heavy atom. The van der Waals surface area contributed by atoms with Crippen molar-refractivity contribution in [2.45, 2.75) is 97.4 Å². The summed E-state index contributed by atoms with van der Waals surface area (Å²) >= 11 is 0. The van der Waals surface area contributed by atoms with Crippen molar-refractivity contribution in [1.29, 1.82) is 5.26 Å². The maximum absolute atomic E-state index is 14.2. The molecule has 220 valence electrons. The first-order chi connectivity index (χ1) is 18.8. The van der Waals surface area contributed by atoms with Gasteiger partial charge in [-0.1, -0.05) is 6.92 Å². The van der Waals surface area contributed by atoms with Gasteiger partial charge in [0.15, 0.2) is 5.60 Å². The molecule has 3 rings (SSSR count). The van der Waals surface area contributed by atoms with Crippen LogP contribution in [0.15, 0.2) is 12.1 Å². The average molecular weight is 557 g/mol. The fourth-order valence-electron chi connectivity index (χ4n) is 5.26. The molecule has 0 radical (unpaired) electrons. The van der Waals surface area contributed by atoms with Gasteiger partial charge in [0.05, 0.1) is 22.9 Å². The number of piperidine rings is 1. The summed E-state index contributed by atoms with van der Waals surface area (Å²) in [6.45, 7) is 14.7. The Bertz CT molecular complexity index is 1150. The molecule has 2 aliphatic heterocycles.